The van der Waals surface area contributed by atoms with Crippen LogP contribution in [0.2, 0.25) is 0 Å². The van der Waals surface area contributed by atoms with E-state index in [1.54, 1.807) is 0 Å². The molecule has 0 aliphatic rings. The standard InChI is InChI=1S/C61H59N3O/c1-39-24-26-41(27-25-39)43-30-31-62-53(35-43)46-33-44(40-18-13-11-14-19-40)32-45(34-46)49-22-17-23-55-56(49)63-58(51-37-48(60(5,6)7)38-52(57(51)65)61(8,9)10)64(55)54-29-28-47(59(2,3)4)36-50(54)42-20-15-12-16-21-42/h11-38,65H,1-10H3/i1D3,24D,25D,26D,27D,30D,31D,35D. The van der Waals surface area contributed by atoms with Crippen molar-refractivity contribution in [2.75, 3.05) is 0 Å². The van der Waals surface area contributed by atoms with E-state index in [1.807, 2.05) is 91.0 Å². The number of aromatic hydroxyl groups is 1. The summed E-state index contributed by atoms with van der Waals surface area (Å²) in [7, 11) is 0. The van der Waals surface area contributed by atoms with Crippen LogP contribution in [-0.4, -0.2) is 19.6 Å². The fraction of sp³-hybridized carbons (Fsp3) is 0.213. The fourth-order valence-corrected chi connectivity index (χ4v) is 8.35. The van der Waals surface area contributed by atoms with E-state index in [0.29, 0.717) is 39.2 Å². The van der Waals surface area contributed by atoms with Gasteiger partial charge in [-0.25, -0.2) is 4.98 Å². The van der Waals surface area contributed by atoms with Crippen LogP contribution < -0.4 is 0 Å². The average molecular weight is 860 g/mol. The minimum atomic E-state index is -2.98. The minimum absolute atomic E-state index is 0.0646. The minimum Gasteiger partial charge on any atom is -0.507 e. The number of para-hydroxylation sites is 1. The highest BCUT2D eigenvalue weighted by Gasteiger charge is 2.30. The molecule has 9 aromatic rings. The first-order chi connectivity index (χ1) is 35.1. The first-order valence-electron chi connectivity index (χ1n) is 27.0. The van der Waals surface area contributed by atoms with E-state index in [-0.39, 0.29) is 27.8 Å². The number of hydrogen-bond donors (Lipinski definition) is 1. The summed E-state index contributed by atoms with van der Waals surface area (Å²) in [5, 5.41) is 12.6. The van der Waals surface area contributed by atoms with Gasteiger partial charge in [-0.1, -0.05) is 177 Å². The first-order valence-corrected chi connectivity index (χ1v) is 22.0. The Morgan fingerprint density at radius 3 is 1.83 bits per heavy atom. The Balaban J connectivity index is 1.39. The summed E-state index contributed by atoms with van der Waals surface area (Å²) < 4.78 is 88.7. The lowest BCUT2D eigenvalue weighted by atomic mass is 9.79. The number of hydrogen-bond acceptors (Lipinski definition) is 3. The summed E-state index contributed by atoms with van der Waals surface area (Å²) in [5.41, 5.74) is 8.26. The Kier molecular flexibility index (Phi) is 8.28. The quantitative estimate of drug-likeness (QED) is 0.174. The smallest absolute Gasteiger partial charge is 0.149 e. The number of benzene rings is 7. The predicted molar refractivity (Wildman–Crippen MR) is 274 cm³/mol. The molecule has 2 heterocycles. The molecule has 0 saturated carbocycles. The maximum absolute atomic E-state index is 12.6. The number of rotatable bonds is 7. The maximum Gasteiger partial charge on any atom is 0.149 e. The molecule has 4 heteroatoms. The summed E-state index contributed by atoms with van der Waals surface area (Å²) >= 11 is 0. The molecule has 0 unspecified atom stereocenters. The number of imidazole rings is 1. The van der Waals surface area contributed by atoms with Gasteiger partial charge in [-0.15, -0.1) is 0 Å². The Labute approximate surface area is 399 Å². The molecule has 1 N–H and O–H groups in total. The monoisotopic (exact) mass is 860 g/mol. The number of aromatic nitrogens is 3. The Bertz CT molecular complexity index is 3700. The SMILES string of the molecule is [2H]c1nc(-c2cc(-c3ccccc3)cc(-c3cccc4c3nc(-c3cc(C(C)(C)C)cc(C(C)(C)C)c3O)n4-c3ccc(C(C)(C)C)cc3-c3ccccc3)c2)c([2H])c(-c2c([2H])c([2H])c(C([2H])([2H])[2H])c([2H])c2[2H])c1[2H]. The van der Waals surface area contributed by atoms with Crippen molar-refractivity contribution in [3.8, 4) is 78.6 Å². The van der Waals surface area contributed by atoms with Gasteiger partial charge in [0, 0.05) is 32.5 Å². The summed E-state index contributed by atoms with van der Waals surface area (Å²) in [6.45, 7) is 16.3. The Morgan fingerprint density at radius 1 is 0.523 bits per heavy atom. The zero-order valence-electron chi connectivity index (χ0n) is 48.4. The van der Waals surface area contributed by atoms with Crippen molar-refractivity contribution in [2.45, 2.75) is 85.4 Å². The van der Waals surface area contributed by atoms with Crippen molar-refractivity contribution < 1.29 is 18.8 Å². The first kappa shape index (κ1) is 32.6. The molecule has 9 rings (SSSR count). The highest BCUT2D eigenvalue weighted by atomic mass is 16.3. The van der Waals surface area contributed by atoms with Gasteiger partial charge >= 0.3 is 0 Å². The molecule has 0 saturated heterocycles. The molecule has 0 atom stereocenters. The van der Waals surface area contributed by atoms with Crippen LogP contribution in [0.5, 0.6) is 5.75 Å². The van der Waals surface area contributed by atoms with Crippen molar-refractivity contribution in [3.05, 3.63) is 192 Å². The topological polar surface area (TPSA) is 50.9 Å². The molecular weight excluding hydrogens is 791 g/mol. The van der Waals surface area contributed by atoms with E-state index in [2.05, 4.69) is 108 Å². The number of pyridine rings is 1. The maximum atomic E-state index is 12.6. The lowest BCUT2D eigenvalue weighted by Crippen LogP contribution is -2.17. The van der Waals surface area contributed by atoms with E-state index >= 15 is 0 Å². The van der Waals surface area contributed by atoms with E-state index in [1.165, 1.54) is 0 Å². The van der Waals surface area contributed by atoms with Crippen LogP contribution in [0.15, 0.2) is 170 Å². The van der Waals surface area contributed by atoms with Gasteiger partial charge in [0.15, 0.2) is 0 Å². The van der Waals surface area contributed by atoms with Crippen molar-refractivity contribution >= 4 is 11.0 Å². The van der Waals surface area contributed by atoms with Gasteiger partial charge in [-0.05, 0) is 122 Å². The van der Waals surface area contributed by atoms with Crippen LogP contribution in [0, 0.1) is 6.85 Å². The second-order valence-corrected chi connectivity index (χ2v) is 19.8. The largest absolute Gasteiger partial charge is 0.507 e. The molecule has 0 spiro atoms. The molecule has 0 bridgehead atoms. The second kappa shape index (κ2) is 16.5. The van der Waals surface area contributed by atoms with Gasteiger partial charge in [-0.3, -0.25) is 9.55 Å². The van der Waals surface area contributed by atoms with Crippen LogP contribution in [0.25, 0.3) is 83.9 Å². The van der Waals surface area contributed by atoms with Gasteiger partial charge < -0.3 is 5.11 Å². The molecule has 0 aliphatic heterocycles. The van der Waals surface area contributed by atoms with Crippen LogP contribution in [0.1, 0.15) is 98.3 Å². The highest BCUT2D eigenvalue weighted by Crippen LogP contribution is 2.46. The van der Waals surface area contributed by atoms with Crippen molar-refractivity contribution in [1.29, 1.82) is 0 Å². The fourth-order valence-electron chi connectivity index (χ4n) is 8.35. The van der Waals surface area contributed by atoms with Gasteiger partial charge in [0.1, 0.15) is 11.6 Å². The number of fused-ring (bicyclic) bond motifs is 1. The van der Waals surface area contributed by atoms with E-state index in [4.69, 9.17) is 17.3 Å². The number of nitrogens with zero attached hydrogens (tertiary/aromatic N) is 3. The summed E-state index contributed by atoms with van der Waals surface area (Å²) in [6.07, 6.45) is -0.580. The van der Waals surface area contributed by atoms with Gasteiger partial charge in [0.05, 0.1) is 37.6 Å². The molecule has 0 aliphatic carbocycles. The third kappa shape index (κ3) is 8.54. The molecule has 0 fully saturated rings. The molecule has 7 aromatic carbocycles. The molecule has 65 heavy (non-hydrogen) atoms. The zero-order chi connectivity index (χ0) is 54.4. The van der Waals surface area contributed by atoms with Crippen LogP contribution in [-0.2, 0) is 16.2 Å². The average Bonchev–Trinajstić information content (AvgIpc) is 3.76. The van der Waals surface area contributed by atoms with Crippen molar-refractivity contribution in [2.24, 2.45) is 0 Å². The summed E-state index contributed by atoms with van der Waals surface area (Å²) in [4.78, 5) is 10.1. The zero-order valence-corrected chi connectivity index (χ0v) is 38.4. The van der Waals surface area contributed by atoms with E-state index in [9.17, 15) is 6.48 Å². The summed E-state index contributed by atoms with van der Waals surface area (Å²) in [6, 6.07) is 37.9. The Morgan fingerprint density at radius 2 is 1.17 bits per heavy atom. The lowest BCUT2D eigenvalue weighted by molar-refractivity contribution is 0.446. The highest BCUT2D eigenvalue weighted by molar-refractivity contribution is 5.98. The molecule has 2 aromatic heterocycles. The third-order valence-corrected chi connectivity index (χ3v) is 12.0. The predicted octanol–water partition coefficient (Wildman–Crippen LogP) is 16.3. The molecule has 4 nitrogen and oxygen atoms in total. The van der Waals surface area contributed by atoms with Crippen molar-refractivity contribution in [1.82, 2.24) is 14.5 Å². The molecule has 0 radical (unpaired) electrons. The van der Waals surface area contributed by atoms with Gasteiger partial charge in [0.2, 0.25) is 0 Å². The third-order valence-electron chi connectivity index (χ3n) is 12.0. The van der Waals surface area contributed by atoms with Gasteiger partial charge in [-0.2, -0.15) is 0 Å². The van der Waals surface area contributed by atoms with Crippen LogP contribution in [0.3, 0.4) is 0 Å². The second-order valence-electron chi connectivity index (χ2n) is 19.8. The van der Waals surface area contributed by atoms with Crippen LogP contribution in [0.4, 0.5) is 0 Å². The molecule has 324 valence electrons. The summed E-state index contributed by atoms with van der Waals surface area (Å²) in [5.74, 6) is 0.638. The van der Waals surface area contributed by atoms with Crippen LogP contribution >= 0.6 is 0 Å². The molecule has 0 amide bonds. The molecular formula is C61H59N3O. The van der Waals surface area contributed by atoms with E-state index in [0.717, 1.165) is 44.6 Å². The number of phenolic OH excluding ortho intramolecular Hbond substituents is 1. The van der Waals surface area contributed by atoms with E-state index < -0.39 is 65.8 Å². The van der Waals surface area contributed by atoms with Gasteiger partial charge in [0.25, 0.3) is 0 Å². The normalized spacial score (nSPS) is 14.6. The van der Waals surface area contributed by atoms with Crippen molar-refractivity contribution in [3.63, 3.8) is 0 Å². The lowest BCUT2D eigenvalue weighted by Gasteiger charge is -2.28. The number of phenols is 1. The Hall–Kier alpha value is -7.04.